The molecule has 0 spiro atoms. The van der Waals surface area contributed by atoms with Crippen LogP contribution in [0.3, 0.4) is 0 Å². The lowest BCUT2D eigenvalue weighted by atomic mass is 9.74. The number of hydrogen-bond acceptors (Lipinski definition) is 4. The van der Waals surface area contributed by atoms with Gasteiger partial charge in [-0.15, -0.1) is 0 Å². The molecule has 1 aliphatic heterocycles. The Morgan fingerprint density at radius 2 is 0.603 bits per heavy atom. The Balaban J connectivity index is 1.12. The summed E-state index contributed by atoms with van der Waals surface area (Å²) in [6.07, 6.45) is 0. The first-order chi connectivity index (χ1) is 33.7. The van der Waals surface area contributed by atoms with Crippen molar-refractivity contribution in [2.75, 3.05) is 0 Å². The molecule has 0 unspecified atom stereocenters. The molecular formula is C64H43N3O. The highest BCUT2D eigenvalue weighted by Gasteiger charge is 2.45. The molecule has 11 aromatic rings. The number of aromatic nitrogens is 3. The highest BCUT2D eigenvalue weighted by Crippen LogP contribution is 2.54. The number of hydrogen-bond donors (Lipinski definition) is 0. The van der Waals surface area contributed by atoms with Gasteiger partial charge in [-0.2, -0.15) is 0 Å². The van der Waals surface area contributed by atoms with Gasteiger partial charge in [0, 0.05) is 38.9 Å². The van der Waals surface area contributed by atoms with E-state index in [1.807, 2.05) is 0 Å². The fraction of sp³-hybridized carbons (Fsp3) is 0.0156. The standard InChI is InChI=1S/C64H43N3O/c1-7-22-44(23-8-1)48-38-49(45-24-9-2-10-25-45)41-52(40-48)61-65-62(53-42-50(46-26-11-3-12-27-46)39-51(43-53)47-28-13-4-14-29-47)67-63(66-61)57-35-21-37-59-60(57)56-34-19-20-36-58(56)64(68-59,54-30-15-5-16-31-54)55-32-17-6-18-33-55/h1-43H. The van der Waals surface area contributed by atoms with Crippen molar-refractivity contribution in [3.63, 3.8) is 0 Å². The Labute approximate surface area is 396 Å². The second kappa shape index (κ2) is 17.4. The van der Waals surface area contributed by atoms with Crippen molar-refractivity contribution in [1.82, 2.24) is 15.0 Å². The molecule has 12 rings (SSSR count). The van der Waals surface area contributed by atoms with Crippen LogP contribution in [0.4, 0.5) is 0 Å². The topological polar surface area (TPSA) is 47.9 Å². The van der Waals surface area contributed by atoms with Crippen LogP contribution in [0.2, 0.25) is 0 Å². The molecule has 0 saturated carbocycles. The van der Waals surface area contributed by atoms with Gasteiger partial charge in [-0.05, 0) is 92.5 Å². The smallest absolute Gasteiger partial charge is 0.185 e. The summed E-state index contributed by atoms with van der Waals surface area (Å²) in [6, 6.07) is 91.2. The van der Waals surface area contributed by atoms with Gasteiger partial charge in [0.25, 0.3) is 0 Å². The summed E-state index contributed by atoms with van der Waals surface area (Å²) in [7, 11) is 0. The maximum atomic E-state index is 7.50. The van der Waals surface area contributed by atoms with E-state index in [1.54, 1.807) is 0 Å². The molecule has 0 radical (unpaired) electrons. The third kappa shape index (κ3) is 7.44. The monoisotopic (exact) mass is 869 g/mol. The average molecular weight is 870 g/mol. The van der Waals surface area contributed by atoms with Gasteiger partial charge in [0.15, 0.2) is 23.1 Å². The van der Waals surface area contributed by atoms with Crippen molar-refractivity contribution in [3.8, 4) is 95.5 Å². The Bertz CT molecular complexity index is 3260. The van der Waals surface area contributed by atoms with Crippen molar-refractivity contribution >= 4 is 0 Å². The van der Waals surface area contributed by atoms with Crippen LogP contribution in [-0.2, 0) is 5.60 Å². The zero-order valence-electron chi connectivity index (χ0n) is 37.1. The number of rotatable bonds is 9. The zero-order valence-corrected chi connectivity index (χ0v) is 37.1. The molecule has 0 N–H and O–H groups in total. The summed E-state index contributed by atoms with van der Waals surface area (Å²) in [5.74, 6) is 2.42. The number of nitrogens with zero attached hydrogens (tertiary/aromatic N) is 3. The van der Waals surface area contributed by atoms with Gasteiger partial charge in [0.2, 0.25) is 0 Å². The largest absolute Gasteiger partial charge is 0.472 e. The summed E-state index contributed by atoms with van der Waals surface area (Å²) < 4.78 is 7.50. The molecule has 2 heterocycles. The molecular weight excluding hydrogens is 827 g/mol. The van der Waals surface area contributed by atoms with Crippen LogP contribution < -0.4 is 4.74 Å². The fourth-order valence-electron chi connectivity index (χ4n) is 9.71. The van der Waals surface area contributed by atoms with Gasteiger partial charge in [-0.3, -0.25) is 0 Å². The summed E-state index contributed by atoms with van der Waals surface area (Å²) >= 11 is 0. The van der Waals surface area contributed by atoms with Crippen molar-refractivity contribution in [2.24, 2.45) is 0 Å². The molecule has 4 nitrogen and oxygen atoms in total. The van der Waals surface area contributed by atoms with E-state index in [0.717, 1.165) is 94.8 Å². The minimum Gasteiger partial charge on any atom is -0.472 e. The molecule has 0 fully saturated rings. The molecule has 4 heteroatoms. The van der Waals surface area contributed by atoms with E-state index < -0.39 is 5.60 Å². The summed E-state index contributed by atoms with van der Waals surface area (Å²) in [6.45, 7) is 0. The van der Waals surface area contributed by atoms with E-state index >= 15 is 0 Å². The number of ether oxygens (including phenoxy) is 1. The Kier molecular flexibility index (Phi) is 10.4. The molecule has 0 saturated heterocycles. The van der Waals surface area contributed by atoms with Crippen molar-refractivity contribution < 1.29 is 4.74 Å². The molecule has 0 amide bonds. The van der Waals surface area contributed by atoms with E-state index in [2.05, 4.69) is 261 Å². The van der Waals surface area contributed by atoms with E-state index in [4.69, 9.17) is 19.7 Å². The SMILES string of the molecule is c1ccc(-c2cc(-c3ccccc3)cc(-c3nc(-c4cc(-c5ccccc5)cc(-c5ccccc5)c4)nc(-c4cccc5c4-c4ccccc4C(c4ccccc4)(c4ccccc4)O5)n3)c2)cc1. The minimum absolute atomic E-state index is 0.546. The van der Waals surface area contributed by atoms with Gasteiger partial charge in [-0.25, -0.2) is 15.0 Å². The van der Waals surface area contributed by atoms with Gasteiger partial charge in [0.1, 0.15) is 5.75 Å². The molecule has 0 atom stereocenters. The van der Waals surface area contributed by atoms with Gasteiger partial charge >= 0.3 is 0 Å². The maximum absolute atomic E-state index is 7.50. The highest BCUT2D eigenvalue weighted by molar-refractivity contribution is 5.91. The third-order valence-electron chi connectivity index (χ3n) is 12.9. The predicted molar refractivity (Wildman–Crippen MR) is 277 cm³/mol. The number of fused-ring (bicyclic) bond motifs is 3. The van der Waals surface area contributed by atoms with Gasteiger partial charge < -0.3 is 4.74 Å². The fourth-order valence-corrected chi connectivity index (χ4v) is 9.71. The van der Waals surface area contributed by atoms with E-state index in [1.165, 1.54) is 0 Å². The Hall–Kier alpha value is -8.99. The molecule has 0 aliphatic carbocycles. The van der Waals surface area contributed by atoms with Crippen LogP contribution in [0.15, 0.2) is 261 Å². The van der Waals surface area contributed by atoms with Crippen LogP contribution in [0.25, 0.3) is 89.8 Å². The van der Waals surface area contributed by atoms with Crippen molar-refractivity contribution in [2.45, 2.75) is 5.60 Å². The second-order valence-corrected chi connectivity index (χ2v) is 17.1. The summed E-state index contributed by atoms with van der Waals surface area (Å²) in [5, 5.41) is 0. The highest BCUT2D eigenvalue weighted by atomic mass is 16.5. The van der Waals surface area contributed by atoms with E-state index in [0.29, 0.717) is 17.5 Å². The molecule has 68 heavy (non-hydrogen) atoms. The van der Waals surface area contributed by atoms with Crippen molar-refractivity contribution in [3.05, 3.63) is 278 Å². The molecule has 0 bridgehead atoms. The van der Waals surface area contributed by atoms with Crippen molar-refractivity contribution in [1.29, 1.82) is 0 Å². The molecule has 320 valence electrons. The first kappa shape index (κ1) is 40.5. The molecule has 1 aromatic heterocycles. The van der Waals surface area contributed by atoms with Crippen LogP contribution in [0, 0.1) is 0 Å². The first-order valence-corrected chi connectivity index (χ1v) is 23.0. The lowest BCUT2D eigenvalue weighted by molar-refractivity contribution is 0.152. The normalized spacial score (nSPS) is 12.4. The zero-order chi connectivity index (χ0) is 45.3. The van der Waals surface area contributed by atoms with Crippen LogP contribution in [-0.4, -0.2) is 15.0 Å². The van der Waals surface area contributed by atoms with E-state index in [9.17, 15) is 0 Å². The lowest BCUT2D eigenvalue weighted by Gasteiger charge is -2.41. The van der Waals surface area contributed by atoms with Crippen LogP contribution >= 0.6 is 0 Å². The third-order valence-corrected chi connectivity index (χ3v) is 12.9. The van der Waals surface area contributed by atoms with Crippen LogP contribution in [0.1, 0.15) is 16.7 Å². The minimum atomic E-state index is -0.919. The molecule has 10 aromatic carbocycles. The summed E-state index contributed by atoms with van der Waals surface area (Å²) in [5.41, 5.74) is 15.5. The van der Waals surface area contributed by atoms with Gasteiger partial charge in [0.05, 0.1) is 0 Å². The predicted octanol–water partition coefficient (Wildman–Crippen LogP) is 15.9. The maximum Gasteiger partial charge on any atom is 0.185 e. The first-order valence-electron chi connectivity index (χ1n) is 23.0. The second-order valence-electron chi connectivity index (χ2n) is 17.1. The quantitative estimate of drug-likeness (QED) is 0.145. The Morgan fingerprint density at radius 3 is 1.03 bits per heavy atom. The lowest BCUT2D eigenvalue weighted by Crippen LogP contribution is -2.38. The van der Waals surface area contributed by atoms with Gasteiger partial charge in [-0.1, -0.05) is 218 Å². The van der Waals surface area contributed by atoms with Crippen LogP contribution in [0.5, 0.6) is 5.75 Å². The Morgan fingerprint density at radius 1 is 0.265 bits per heavy atom. The number of benzene rings is 10. The van der Waals surface area contributed by atoms with E-state index in [-0.39, 0.29) is 0 Å². The average Bonchev–Trinajstić information content (AvgIpc) is 3.43. The molecule has 1 aliphatic rings. The summed E-state index contributed by atoms with van der Waals surface area (Å²) in [4.78, 5) is 16.4.